The molecule has 1 N–H and O–H groups in total. The number of hydrogen-bond acceptors (Lipinski definition) is 4. The molecule has 0 aliphatic carbocycles. The number of rotatable bonds is 5. The summed E-state index contributed by atoms with van der Waals surface area (Å²) in [5.74, 6) is 1.67. The van der Waals surface area contributed by atoms with Crippen molar-refractivity contribution in [1.82, 2.24) is 5.32 Å². The van der Waals surface area contributed by atoms with E-state index in [0.717, 1.165) is 17.1 Å². The van der Waals surface area contributed by atoms with Gasteiger partial charge in [-0.15, -0.1) is 11.3 Å². The Labute approximate surface area is 118 Å². The molecule has 0 saturated heterocycles. The molecule has 0 fully saturated rings. The van der Waals surface area contributed by atoms with Crippen LogP contribution in [0.25, 0.3) is 0 Å². The minimum atomic E-state index is 0.0670. The third-order valence-corrected chi connectivity index (χ3v) is 4.11. The first-order valence-electron chi connectivity index (χ1n) is 6.15. The highest BCUT2D eigenvalue weighted by atomic mass is 32.1. The summed E-state index contributed by atoms with van der Waals surface area (Å²) in [4.78, 5) is 1.30. The summed E-state index contributed by atoms with van der Waals surface area (Å²) < 4.78 is 11.0. The molecule has 1 unspecified atom stereocenters. The third-order valence-electron chi connectivity index (χ3n) is 3.25. The predicted octanol–water partition coefficient (Wildman–Crippen LogP) is 3.38. The Kier molecular flexibility index (Phi) is 4.45. The quantitative estimate of drug-likeness (QED) is 0.909. The molecule has 2 rings (SSSR count). The molecule has 1 aromatic carbocycles. The SMILES string of the molecule is CNC(c1ccsc1C)c1c(OC)cccc1OC. The van der Waals surface area contributed by atoms with Gasteiger partial charge in [-0.05, 0) is 43.1 Å². The molecule has 0 amide bonds. The van der Waals surface area contributed by atoms with Crippen LogP contribution in [0.15, 0.2) is 29.6 Å². The van der Waals surface area contributed by atoms with Crippen molar-refractivity contribution in [2.45, 2.75) is 13.0 Å². The first-order chi connectivity index (χ1) is 9.22. The van der Waals surface area contributed by atoms with E-state index in [1.807, 2.05) is 25.2 Å². The Bertz CT molecular complexity index is 529. The lowest BCUT2D eigenvalue weighted by Crippen LogP contribution is -2.19. The van der Waals surface area contributed by atoms with Gasteiger partial charge < -0.3 is 14.8 Å². The highest BCUT2D eigenvalue weighted by Crippen LogP contribution is 2.38. The van der Waals surface area contributed by atoms with Gasteiger partial charge in [-0.3, -0.25) is 0 Å². The molecule has 1 atom stereocenters. The van der Waals surface area contributed by atoms with Crippen molar-refractivity contribution >= 4 is 11.3 Å². The lowest BCUT2D eigenvalue weighted by atomic mass is 9.97. The predicted molar refractivity (Wildman–Crippen MR) is 79.5 cm³/mol. The standard InChI is InChI=1S/C15H19NO2S/c1-10-11(8-9-19-10)15(16-2)14-12(17-3)6-5-7-13(14)18-4/h5-9,15-16H,1-4H3. The molecule has 0 radical (unpaired) electrons. The molecule has 19 heavy (non-hydrogen) atoms. The van der Waals surface area contributed by atoms with Gasteiger partial charge in [0.05, 0.1) is 25.8 Å². The van der Waals surface area contributed by atoms with Gasteiger partial charge in [-0.1, -0.05) is 6.07 Å². The van der Waals surface area contributed by atoms with Crippen molar-refractivity contribution in [1.29, 1.82) is 0 Å². The van der Waals surface area contributed by atoms with E-state index in [9.17, 15) is 0 Å². The topological polar surface area (TPSA) is 30.5 Å². The third kappa shape index (κ3) is 2.60. The van der Waals surface area contributed by atoms with E-state index in [0.29, 0.717) is 0 Å². The number of hydrogen-bond donors (Lipinski definition) is 1. The maximum atomic E-state index is 5.49. The highest BCUT2D eigenvalue weighted by Gasteiger charge is 2.22. The van der Waals surface area contributed by atoms with Crippen molar-refractivity contribution in [3.63, 3.8) is 0 Å². The Morgan fingerprint density at radius 1 is 1.11 bits per heavy atom. The summed E-state index contributed by atoms with van der Waals surface area (Å²) in [5.41, 5.74) is 2.30. The number of aryl methyl sites for hydroxylation is 1. The number of ether oxygens (including phenoxy) is 2. The van der Waals surface area contributed by atoms with E-state index in [2.05, 4.69) is 23.7 Å². The molecule has 1 heterocycles. The van der Waals surface area contributed by atoms with Crippen molar-refractivity contribution in [2.24, 2.45) is 0 Å². The van der Waals surface area contributed by atoms with E-state index in [-0.39, 0.29) is 6.04 Å². The minimum Gasteiger partial charge on any atom is -0.496 e. The highest BCUT2D eigenvalue weighted by molar-refractivity contribution is 7.10. The summed E-state index contributed by atoms with van der Waals surface area (Å²) in [7, 11) is 5.32. The van der Waals surface area contributed by atoms with Crippen LogP contribution in [0.4, 0.5) is 0 Å². The molecule has 0 bridgehead atoms. The van der Waals surface area contributed by atoms with Gasteiger partial charge in [0, 0.05) is 4.88 Å². The molecular formula is C15H19NO2S. The second-order valence-electron chi connectivity index (χ2n) is 4.23. The van der Waals surface area contributed by atoms with Crippen molar-refractivity contribution in [3.8, 4) is 11.5 Å². The molecule has 1 aromatic heterocycles. The summed E-state index contributed by atoms with van der Waals surface area (Å²) in [6.45, 7) is 2.13. The molecule has 0 aliphatic heterocycles. The zero-order valence-corrected chi connectivity index (χ0v) is 12.5. The molecule has 2 aromatic rings. The van der Waals surface area contributed by atoms with E-state index in [4.69, 9.17) is 9.47 Å². The van der Waals surface area contributed by atoms with Crippen LogP contribution >= 0.6 is 11.3 Å². The molecule has 0 aliphatic rings. The summed E-state index contributed by atoms with van der Waals surface area (Å²) >= 11 is 1.75. The largest absolute Gasteiger partial charge is 0.496 e. The van der Waals surface area contributed by atoms with Crippen LogP contribution in [0.1, 0.15) is 22.0 Å². The van der Waals surface area contributed by atoms with Crippen LogP contribution in [0.5, 0.6) is 11.5 Å². The smallest absolute Gasteiger partial charge is 0.127 e. The van der Waals surface area contributed by atoms with Crippen LogP contribution in [-0.2, 0) is 0 Å². The van der Waals surface area contributed by atoms with Crippen molar-refractivity contribution in [3.05, 3.63) is 45.6 Å². The molecule has 0 saturated carbocycles. The number of nitrogens with one attached hydrogen (secondary N) is 1. The van der Waals surface area contributed by atoms with Crippen LogP contribution in [0.2, 0.25) is 0 Å². The van der Waals surface area contributed by atoms with Crippen molar-refractivity contribution in [2.75, 3.05) is 21.3 Å². The van der Waals surface area contributed by atoms with Crippen LogP contribution in [0, 0.1) is 6.92 Å². The van der Waals surface area contributed by atoms with E-state index < -0.39 is 0 Å². The number of thiophene rings is 1. The maximum absolute atomic E-state index is 5.49. The number of benzene rings is 1. The van der Waals surface area contributed by atoms with Gasteiger partial charge in [-0.2, -0.15) is 0 Å². The summed E-state index contributed by atoms with van der Waals surface area (Å²) in [6, 6.07) is 8.08. The van der Waals surface area contributed by atoms with Crippen LogP contribution in [-0.4, -0.2) is 21.3 Å². The molecular weight excluding hydrogens is 258 g/mol. The Balaban J connectivity index is 2.57. The monoisotopic (exact) mass is 277 g/mol. The van der Waals surface area contributed by atoms with Crippen molar-refractivity contribution < 1.29 is 9.47 Å². The Morgan fingerprint density at radius 2 is 1.74 bits per heavy atom. The fourth-order valence-corrected chi connectivity index (χ4v) is 3.05. The van der Waals surface area contributed by atoms with Gasteiger partial charge in [0.15, 0.2) is 0 Å². The van der Waals surface area contributed by atoms with Gasteiger partial charge in [0.25, 0.3) is 0 Å². The first-order valence-corrected chi connectivity index (χ1v) is 7.03. The summed E-state index contributed by atoms with van der Waals surface area (Å²) in [6.07, 6.45) is 0. The lowest BCUT2D eigenvalue weighted by molar-refractivity contribution is 0.379. The molecule has 0 spiro atoms. The van der Waals surface area contributed by atoms with Gasteiger partial charge in [0.1, 0.15) is 11.5 Å². The second kappa shape index (κ2) is 6.08. The van der Waals surface area contributed by atoms with Crippen LogP contribution in [0.3, 0.4) is 0 Å². The van der Waals surface area contributed by atoms with Gasteiger partial charge >= 0.3 is 0 Å². The zero-order valence-electron chi connectivity index (χ0n) is 11.7. The Morgan fingerprint density at radius 3 is 2.16 bits per heavy atom. The van der Waals surface area contributed by atoms with Gasteiger partial charge in [-0.25, -0.2) is 0 Å². The summed E-state index contributed by atoms with van der Waals surface area (Å²) in [5, 5.41) is 5.47. The molecule has 4 heteroatoms. The van der Waals surface area contributed by atoms with Gasteiger partial charge in [0.2, 0.25) is 0 Å². The zero-order chi connectivity index (χ0) is 13.8. The first kappa shape index (κ1) is 13.9. The average Bonchev–Trinajstić information content (AvgIpc) is 2.86. The van der Waals surface area contributed by atoms with Crippen LogP contribution < -0.4 is 14.8 Å². The molecule has 3 nitrogen and oxygen atoms in total. The molecule has 102 valence electrons. The fourth-order valence-electron chi connectivity index (χ4n) is 2.31. The van der Waals surface area contributed by atoms with E-state index in [1.165, 1.54) is 10.4 Å². The van der Waals surface area contributed by atoms with E-state index >= 15 is 0 Å². The Hall–Kier alpha value is -1.52. The average molecular weight is 277 g/mol. The normalized spacial score (nSPS) is 12.2. The lowest BCUT2D eigenvalue weighted by Gasteiger charge is -2.22. The maximum Gasteiger partial charge on any atom is 0.127 e. The second-order valence-corrected chi connectivity index (χ2v) is 5.35. The van der Waals surface area contributed by atoms with E-state index in [1.54, 1.807) is 25.6 Å². The minimum absolute atomic E-state index is 0.0670. The fraction of sp³-hybridized carbons (Fsp3) is 0.333. The number of methoxy groups -OCH3 is 2.